The van der Waals surface area contributed by atoms with Crippen molar-refractivity contribution >= 4 is 40.0 Å². The third-order valence-corrected chi connectivity index (χ3v) is 6.25. The standard InChI is InChI=1S/C17H22N4O3S2/c1-4-24-16(23)14-11-6-5-7-12(11)26-15(14)19-13(22)8-25-17-20-18-9-21(17)10(2)3/h9-10H,4-8H2,1-3H3,(H,19,22). The molecule has 0 aliphatic heterocycles. The van der Waals surface area contributed by atoms with Gasteiger partial charge in [0.15, 0.2) is 5.16 Å². The Kier molecular flexibility index (Phi) is 5.98. The second-order valence-electron chi connectivity index (χ2n) is 6.23. The van der Waals surface area contributed by atoms with Gasteiger partial charge in [-0.2, -0.15) is 0 Å². The van der Waals surface area contributed by atoms with Crippen molar-refractivity contribution in [1.29, 1.82) is 0 Å². The van der Waals surface area contributed by atoms with Crippen LogP contribution in [0.2, 0.25) is 0 Å². The van der Waals surface area contributed by atoms with E-state index >= 15 is 0 Å². The largest absolute Gasteiger partial charge is 0.462 e. The summed E-state index contributed by atoms with van der Waals surface area (Å²) >= 11 is 2.82. The summed E-state index contributed by atoms with van der Waals surface area (Å²) in [6.45, 7) is 6.17. The summed E-state index contributed by atoms with van der Waals surface area (Å²) in [5.74, 6) is -0.316. The summed E-state index contributed by atoms with van der Waals surface area (Å²) in [4.78, 5) is 25.9. The van der Waals surface area contributed by atoms with Crippen LogP contribution in [-0.4, -0.2) is 39.0 Å². The lowest BCUT2D eigenvalue weighted by atomic mass is 10.1. The molecule has 1 aliphatic carbocycles. The molecule has 0 bridgehead atoms. The van der Waals surface area contributed by atoms with Crippen molar-refractivity contribution in [3.8, 4) is 0 Å². The molecule has 0 fully saturated rings. The third kappa shape index (κ3) is 3.93. The third-order valence-electron chi connectivity index (χ3n) is 4.08. The Bertz CT molecular complexity index is 813. The number of nitrogens with zero attached hydrogens (tertiary/aromatic N) is 3. The number of fused-ring (bicyclic) bond motifs is 1. The Morgan fingerprint density at radius 1 is 1.42 bits per heavy atom. The van der Waals surface area contributed by atoms with Crippen LogP contribution in [0.1, 0.15) is 54.0 Å². The highest BCUT2D eigenvalue weighted by Crippen LogP contribution is 2.39. The number of carbonyl (C=O) groups is 2. The fourth-order valence-electron chi connectivity index (χ4n) is 2.89. The lowest BCUT2D eigenvalue weighted by molar-refractivity contribution is -0.113. The number of thioether (sulfide) groups is 1. The topological polar surface area (TPSA) is 86.1 Å². The number of ether oxygens (including phenoxy) is 1. The number of rotatable bonds is 7. The first-order valence-corrected chi connectivity index (χ1v) is 10.4. The Balaban J connectivity index is 1.69. The fourth-order valence-corrected chi connectivity index (χ4v) is 5.03. The molecular weight excluding hydrogens is 372 g/mol. The molecule has 0 radical (unpaired) electrons. The first-order valence-electron chi connectivity index (χ1n) is 8.65. The minimum Gasteiger partial charge on any atom is -0.462 e. The van der Waals surface area contributed by atoms with Crippen molar-refractivity contribution in [3.63, 3.8) is 0 Å². The van der Waals surface area contributed by atoms with Crippen LogP contribution in [0, 0.1) is 0 Å². The van der Waals surface area contributed by atoms with E-state index in [2.05, 4.69) is 15.5 Å². The fraction of sp³-hybridized carbons (Fsp3) is 0.529. The van der Waals surface area contributed by atoms with Crippen molar-refractivity contribution in [2.45, 2.75) is 51.2 Å². The summed E-state index contributed by atoms with van der Waals surface area (Å²) in [6.07, 6.45) is 4.52. The van der Waals surface area contributed by atoms with Crippen molar-refractivity contribution in [2.75, 3.05) is 17.7 Å². The number of hydrogen-bond donors (Lipinski definition) is 1. The molecule has 2 heterocycles. The lowest BCUT2D eigenvalue weighted by Gasteiger charge is -2.10. The van der Waals surface area contributed by atoms with Gasteiger partial charge in [0.25, 0.3) is 0 Å². The normalized spacial score (nSPS) is 13.1. The van der Waals surface area contributed by atoms with Crippen LogP contribution in [0.3, 0.4) is 0 Å². The number of nitrogens with one attached hydrogen (secondary N) is 1. The summed E-state index contributed by atoms with van der Waals surface area (Å²) in [5, 5.41) is 12.1. The first kappa shape index (κ1) is 18.9. The molecule has 0 unspecified atom stereocenters. The smallest absolute Gasteiger partial charge is 0.341 e. The van der Waals surface area contributed by atoms with Crippen LogP contribution < -0.4 is 5.32 Å². The van der Waals surface area contributed by atoms with Crippen LogP contribution in [-0.2, 0) is 22.4 Å². The van der Waals surface area contributed by atoms with Gasteiger partial charge in [-0.05, 0) is 45.6 Å². The summed E-state index contributed by atoms with van der Waals surface area (Å²) in [7, 11) is 0. The van der Waals surface area contributed by atoms with Crippen molar-refractivity contribution in [2.24, 2.45) is 0 Å². The van der Waals surface area contributed by atoms with Crippen molar-refractivity contribution < 1.29 is 14.3 Å². The Labute approximate surface area is 160 Å². The molecule has 0 saturated carbocycles. The maximum atomic E-state index is 12.4. The number of anilines is 1. The Morgan fingerprint density at radius 3 is 2.96 bits per heavy atom. The molecule has 140 valence electrons. The number of thiophene rings is 1. The molecule has 3 rings (SSSR count). The molecule has 26 heavy (non-hydrogen) atoms. The average molecular weight is 395 g/mol. The lowest BCUT2D eigenvalue weighted by Crippen LogP contribution is -2.17. The molecule has 0 atom stereocenters. The van der Waals surface area contributed by atoms with Gasteiger partial charge in [0.1, 0.15) is 11.3 Å². The van der Waals surface area contributed by atoms with E-state index < -0.39 is 0 Å². The predicted molar refractivity (Wildman–Crippen MR) is 102 cm³/mol. The van der Waals surface area contributed by atoms with Crippen LogP contribution in [0.5, 0.6) is 0 Å². The van der Waals surface area contributed by atoms with E-state index in [1.807, 2.05) is 18.4 Å². The van der Waals surface area contributed by atoms with E-state index in [-0.39, 0.29) is 23.7 Å². The predicted octanol–water partition coefficient (Wildman–Crippen LogP) is 3.32. The van der Waals surface area contributed by atoms with Gasteiger partial charge in [0, 0.05) is 10.9 Å². The zero-order valence-corrected chi connectivity index (χ0v) is 16.7. The van der Waals surface area contributed by atoms with Crippen LogP contribution in [0.25, 0.3) is 0 Å². The second kappa shape index (κ2) is 8.22. The number of aryl methyl sites for hydroxylation is 1. The van der Waals surface area contributed by atoms with Gasteiger partial charge in [-0.25, -0.2) is 4.79 Å². The van der Waals surface area contributed by atoms with Gasteiger partial charge in [-0.1, -0.05) is 11.8 Å². The van der Waals surface area contributed by atoms with Crippen LogP contribution in [0.15, 0.2) is 11.5 Å². The van der Waals surface area contributed by atoms with Crippen molar-refractivity contribution in [3.05, 3.63) is 22.3 Å². The van der Waals surface area contributed by atoms with Crippen LogP contribution >= 0.6 is 23.1 Å². The monoisotopic (exact) mass is 394 g/mol. The highest BCUT2D eigenvalue weighted by Gasteiger charge is 2.28. The van der Waals surface area contributed by atoms with E-state index in [1.165, 1.54) is 28.0 Å². The molecule has 2 aromatic heterocycles. The minimum atomic E-state index is -0.352. The van der Waals surface area contributed by atoms with Gasteiger partial charge in [-0.15, -0.1) is 21.5 Å². The van der Waals surface area contributed by atoms with Gasteiger partial charge in [0.2, 0.25) is 5.91 Å². The van der Waals surface area contributed by atoms with E-state index in [0.717, 1.165) is 24.8 Å². The highest BCUT2D eigenvalue weighted by atomic mass is 32.2. The Hall–Kier alpha value is -1.87. The zero-order valence-electron chi connectivity index (χ0n) is 15.1. The van der Waals surface area contributed by atoms with Crippen molar-refractivity contribution in [1.82, 2.24) is 14.8 Å². The maximum absolute atomic E-state index is 12.4. The summed E-state index contributed by atoms with van der Waals surface area (Å²) < 4.78 is 7.10. The molecule has 0 spiro atoms. The minimum absolute atomic E-state index is 0.168. The Morgan fingerprint density at radius 2 is 2.23 bits per heavy atom. The highest BCUT2D eigenvalue weighted by molar-refractivity contribution is 7.99. The molecule has 2 aromatic rings. The van der Waals surface area contributed by atoms with E-state index in [9.17, 15) is 9.59 Å². The van der Waals surface area contributed by atoms with E-state index in [1.54, 1.807) is 13.3 Å². The number of hydrogen-bond acceptors (Lipinski definition) is 7. The van der Waals surface area contributed by atoms with E-state index in [0.29, 0.717) is 22.3 Å². The van der Waals surface area contributed by atoms with Gasteiger partial charge in [-0.3, -0.25) is 4.79 Å². The molecule has 9 heteroatoms. The molecule has 0 saturated heterocycles. The van der Waals surface area contributed by atoms with E-state index in [4.69, 9.17) is 4.74 Å². The number of carbonyl (C=O) groups excluding carboxylic acids is 2. The number of amides is 1. The SMILES string of the molecule is CCOC(=O)c1c(NC(=O)CSc2nncn2C(C)C)sc2c1CCC2. The molecule has 1 N–H and O–H groups in total. The van der Waals surface area contributed by atoms with Gasteiger partial charge >= 0.3 is 5.97 Å². The number of esters is 1. The quantitative estimate of drug-likeness (QED) is 0.573. The summed E-state index contributed by atoms with van der Waals surface area (Å²) in [5.41, 5.74) is 1.57. The number of aromatic nitrogens is 3. The van der Waals surface area contributed by atoms with Gasteiger partial charge < -0.3 is 14.6 Å². The van der Waals surface area contributed by atoms with Crippen LogP contribution in [0.4, 0.5) is 5.00 Å². The average Bonchev–Trinajstić information content (AvgIpc) is 3.28. The first-order chi connectivity index (χ1) is 12.5. The molecule has 1 amide bonds. The molecule has 1 aliphatic rings. The zero-order chi connectivity index (χ0) is 18.7. The summed E-state index contributed by atoms with van der Waals surface area (Å²) in [6, 6.07) is 0.228. The second-order valence-corrected chi connectivity index (χ2v) is 8.28. The molecule has 7 nitrogen and oxygen atoms in total. The molecule has 0 aromatic carbocycles. The maximum Gasteiger partial charge on any atom is 0.341 e. The van der Waals surface area contributed by atoms with Gasteiger partial charge in [0.05, 0.1) is 17.9 Å². The molecular formula is C17H22N4O3S2.